The summed E-state index contributed by atoms with van der Waals surface area (Å²) < 4.78 is 0. The Bertz CT molecular complexity index is 676. The fourth-order valence-electron chi connectivity index (χ4n) is 4.36. The number of rotatable bonds is 6. The van der Waals surface area contributed by atoms with Crippen LogP contribution < -0.4 is 15.1 Å². The van der Waals surface area contributed by atoms with Crippen LogP contribution in [-0.4, -0.2) is 68.6 Å². The molecule has 0 radical (unpaired) electrons. The smallest absolute Gasteiger partial charge is 0.279 e. The maximum Gasteiger partial charge on any atom is 0.279 e. The van der Waals surface area contributed by atoms with Crippen LogP contribution in [0.4, 0.5) is 5.69 Å². The Hall–Kier alpha value is -1.63. The fraction of sp³-hybridized carbons (Fsp3) is 0.619. The molecule has 0 unspecified atom stereocenters. The van der Waals surface area contributed by atoms with Gasteiger partial charge in [-0.3, -0.25) is 9.59 Å². The minimum absolute atomic E-state index is 0.0123. The molecule has 0 bridgehead atoms. The van der Waals surface area contributed by atoms with Gasteiger partial charge in [0.05, 0.1) is 10.7 Å². The van der Waals surface area contributed by atoms with Gasteiger partial charge in [0.1, 0.15) is 26.2 Å². The van der Waals surface area contributed by atoms with Gasteiger partial charge in [-0.2, -0.15) is 0 Å². The average molecular weight is 409 g/mol. The summed E-state index contributed by atoms with van der Waals surface area (Å²) in [5, 5.41) is 3.45. The highest BCUT2D eigenvalue weighted by Gasteiger charge is 2.31. The van der Waals surface area contributed by atoms with Gasteiger partial charge in [0.15, 0.2) is 13.1 Å². The number of nitrogens with zero attached hydrogens (tertiary/aromatic N) is 1. The van der Waals surface area contributed by atoms with Crippen molar-refractivity contribution < 1.29 is 19.4 Å². The van der Waals surface area contributed by atoms with Crippen LogP contribution in [0, 0.1) is 0 Å². The van der Waals surface area contributed by atoms with Gasteiger partial charge in [0.25, 0.3) is 11.8 Å². The first-order valence-corrected chi connectivity index (χ1v) is 11.0. The van der Waals surface area contributed by atoms with E-state index < -0.39 is 0 Å². The Labute approximate surface area is 172 Å². The van der Waals surface area contributed by atoms with E-state index in [9.17, 15) is 9.59 Å². The van der Waals surface area contributed by atoms with Crippen LogP contribution in [0.2, 0.25) is 5.02 Å². The van der Waals surface area contributed by atoms with Crippen molar-refractivity contribution in [1.82, 2.24) is 4.90 Å². The quantitative estimate of drug-likeness (QED) is 0.613. The molecule has 2 fully saturated rings. The van der Waals surface area contributed by atoms with Gasteiger partial charge in [0.2, 0.25) is 0 Å². The molecule has 2 amide bonds. The van der Waals surface area contributed by atoms with Crippen LogP contribution in [0.1, 0.15) is 32.6 Å². The first kappa shape index (κ1) is 21.1. The molecule has 154 valence electrons. The van der Waals surface area contributed by atoms with Crippen molar-refractivity contribution in [1.29, 1.82) is 0 Å². The molecule has 3 rings (SSSR count). The summed E-state index contributed by atoms with van der Waals surface area (Å²) in [6.07, 6.45) is 4.58. The summed E-state index contributed by atoms with van der Waals surface area (Å²) in [5.74, 6) is 0.295. The van der Waals surface area contributed by atoms with E-state index in [1.165, 1.54) is 16.2 Å². The number of anilines is 1. The van der Waals surface area contributed by atoms with Gasteiger partial charge in [-0.1, -0.05) is 30.7 Å². The normalized spacial score (nSPS) is 25.4. The molecule has 0 aliphatic carbocycles. The number of halogens is 1. The summed E-state index contributed by atoms with van der Waals surface area (Å²) in [7, 11) is 0. The molecule has 1 aromatic rings. The summed E-state index contributed by atoms with van der Waals surface area (Å²) in [4.78, 5) is 29.8. The number of quaternary nitrogens is 2. The maximum absolute atomic E-state index is 12.8. The van der Waals surface area contributed by atoms with Crippen molar-refractivity contribution in [2.75, 3.05) is 51.1 Å². The Morgan fingerprint density at radius 1 is 1.11 bits per heavy atom. The van der Waals surface area contributed by atoms with E-state index >= 15 is 0 Å². The number of benzene rings is 1. The Morgan fingerprint density at radius 3 is 2.46 bits per heavy atom. The summed E-state index contributed by atoms with van der Waals surface area (Å²) in [6, 6.07) is 7.72. The second-order valence-corrected chi connectivity index (χ2v) is 8.43. The lowest BCUT2D eigenvalue weighted by molar-refractivity contribution is -1.00. The van der Waals surface area contributed by atoms with Crippen LogP contribution >= 0.6 is 11.6 Å². The molecule has 7 heteroatoms. The summed E-state index contributed by atoms with van der Waals surface area (Å²) in [6.45, 7) is 7.83. The second-order valence-electron chi connectivity index (χ2n) is 8.03. The summed E-state index contributed by atoms with van der Waals surface area (Å²) in [5.41, 5.74) is 0.662. The maximum atomic E-state index is 12.8. The summed E-state index contributed by atoms with van der Waals surface area (Å²) >= 11 is 6.10. The van der Waals surface area contributed by atoms with Crippen molar-refractivity contribution >= 4 is 29.1 Å². The molecular weight excluding hydrogens is 376 g/mol. The standard InChI is InChI=1S/C21H31ClN4O2/c1-2-17-7-5-6-10-26(17)21(28)16-25-13-11-24(12-14-25)15-20(27)23-19-9-4-3-8-18(19)22/h3-4,8-9,17H,2,5-7,10-16H2,1H3,(H,23,27)/p+2/t17-/m0/s1. The zero-order valence-corrected chi connectivity index (χ0v) is 17.6. The molecule has 2 heterocycles. The minimum atomic E-state index is -0.0123. The van der Waals surface area contributed by atoms with Crippen LogP contribution in [-0.2, 0) is 9.59 Å². The molecule has 3 N–H and O–H groups in total. The molecule has 2 aliphatic rings. The number of carbonyl (C=O) groups excluding carboxylic acids is 2. The number of carbonyl (C=O) groups is 2. The van der Waals surface area contributed by atoms with Gasteiger partial charge in [-0.25, -0.2) is 0 Å². The Morgan fingerprint density at radius 2 is 1.79 bits per heavy atom. The van der Waals surface area contributed by atoms with E-state index in [4.69, 9.17) is 11.6 Å². The second kappa shape index (κ2) is 10.2. The fourth-order valence-corrected chi connectivity index (χ4v) is 4.55. The monoisotopic (exact) mass is 408 g/mol. The van der Waals surface area contributed by atoms with Gasteiger partial charge < -0.3 is 20.0 Å². The average Bonchev–Trinajstić information content (AvgIpc) is 2.71. The molecule has 28 heavy (non-hydrogen) atoms. The number of piperidine rings is 1. The molecular formula is C21H33ClN4O2+2. The largest absolute Gasteiger partial charge is 0.335 e. The topological polar surface area (TPSA) is 58.3 Å². The predicted molar refractivity (Wildman–Crippen MR) is 111 cm³/mol. The molecule has 0 saturated carbocycles. The third-order valence-corrected chi connectivity index (χ3v) is 6.37. The third kappa shape index (κ3) is 5.69. The third-order valence-electron chi connectivity index (χ3n) is 6.04. The highest BCUT2D eigenvalue weighted by molar-refractivity contribution is 6.33. The molecule has 2 aliphatic heterocycles. The van der Waals surface area contributed by atoms with Crippen LogP contribution in [0.5, 0.6) is 0 Å². The van der Waals surface area contributed by atoms with Crippen LogP contribution in [0.15, 0.2) is 24.3 Å². The molecule has 0 aromatic heterocycles. The highest BCUT2D eigenvalue weighted by Crippen LogP contribution is 2.20. The Balaban J connectivity index is 1.41. The molecule has 1 aromatic carbocycles. The lowest BCUT2D eigenvalue weighted by Gasteiger charge is -2.36. The van der Waals surface area contributed by atoms with E-state index in [1.54, 1.807) is 6.07 Å². The molecule has 0 spiro atoms. The number of para-hydroxylation sites is 1. The van der Waals surface area contributed by atoms with Crippen molar-refractivity contribution in [2.24, 2.45) is 0 Å². The lowest BCUT2D eigenvalue weighted by atomic mass is 10.00. The first-order chi connectivity index (χ1) is 13.6. The van der Waals surface area contributed by atoms with E-state index in [2.05, 4.69) is 17.1 Å². The molecule has 1 atom stereocenters. The van der Waals surface area contributed by atoms with E-state index in [-0.39, 0.29) is 5.91 Å². The zero-order chi connectivity index (χ0) is 19.9. The van der Waals surface area contributed by atoms with Gasteiger partial charge in [-0.15, -0.1) is 0 Å². The lowest BCUT2D eigenvalue weighted by Crippen LogP contribution is -3.28. The highest BCUT2D eigenvalue weighted by atomic mass is 35.5. The molecule has 6 nitrogen and oxygen atoms in total. The zero-order valence-electron chi connectivity index (χ0n) is 16.8. The van der Waals surface area contributed by atoms with Gasteiger partial charge in [-0.05, 0) is 37.8 Å². The van der Waals surface area contributed by atoms with Gasteiger partial charge >= 0.3 is 0 Å². The number of piperazine rings is 1. The van der Waals surface area contributed by atoms with E-state index in [0.717, 1.165) is 52.0 Å². The number of nitrogens with one attached hydrogen (secondary N) is 3. The number of hydrogen-bond acceptors (Lipinski definition) is 2. The minimum Gasteiger partial charge on any atom is -0.335 e. The van der Waals surface area contributed by atoms with Crippen molar-refractivity contribution in [3.8, 4) is 0 Å². The first-order valence-electron chi connectivity index (χ1n) is 10.6. The number of hydrogen-bond donors (Lipinski definition) is 3. The number of likely N-dealkylation sites (tertiary alicyclic amines) is 1. The van der Waals surface area contributed by atoms with Crippen molar-refractivity contribution in [2.45, 2.75) is 38.6 Å². The number of amides is 2. The SMILES string of the molecule is CC[C@H]1CCCCN1C(=O)C[NH+]1CC[NH+](CC(=O)Nc2ccccc2Cl)CC1. The Kier molecular flexibility index (Phi) is 7.71. The van der Waals surface area contributed by atoms with Crippen LogP contribution in [0.3, 0.4) is 0 Å². The van der Waals surface area contributed by atoms with Crippen LogP contribution in [0.25, 0.3) is 0 Å². The predicted octanol–water partition coefficient (Wildman–Crippen LogP) is -0.147. The van der Waals surface area contributed by atoms with Gasteiger partial charge in [0, 0.05) is 12.6 Å². The van der Waals surface area contributed by atoms with E-state index in [0.29, 0.717) is 35.7 Å². The van der Waals surface area contributed by atoms with Crippen molar-refractivity contribution in [3.05, 3.63) is 29.3 Å². The van der Waals surface area contributed by atoms with E-state index in [1.807, 2.05) is 18.2 Å². The van der Waals surface area contributed by atoms with Crippen molar-refractivity contribution in [3.63, 3.8) is 0 Å². The molecule has 2 saturated heterocycles.